The van der Waals surface area contributed by atoms with E-state index < -0.39 is 0 Å². The van der Waals surface area contributed by atoms with Crippen molar-refractivity contribution in [1.82, 2.24) is 9.97 Å². The zero-order chi connectivity index (χ0) is 22.5. The van der Waals surface area contributed by atoms with E-state index in [-0.39, 0.29) is 6.61 Å². The van der Waals surface area contributed by atoms with Crippen LogP contribution in [0.4, 0.5) is 5.82 Å². The van der Waals surface area contributed by atoms with Gasteiger partial charge in [0.25, 0.3) is 0 Å². The molecule has 2 heterocycles. The Hall–Kier alpha value is -3.22. The van der Waals surface area contributed by atoms with Gasteiger partial charge in [-0.25, -0.2) is 4.98 Å². The highest BCUT2D eigenvalue weighted by Crippen LogP contribution is 2.28. The van der Waals surface area contributed by atoms with E-state index >= 15 is 0 Å². The summed E-state index contributed by atoms with van der Waals surface area (Å²) in [6.45, 7) is 5.45. The molecule has 4 aromatic rings. The summed E-state index contributed by atoms with van der Waals surface area (Å²) in [6.07, 6.45) is 3.70. The molecule has 0 atom stereocenters. The van der Waals surface area contributed by atoms with E-state index in [1.54, 1.807) is 0 Å². The number of nitrogen functional groups attached to an aromatic ring is 1. The van der Waals surface area contributed by atoms with Crippen LogP contribution < -0.4 is 10.5 Å². The number of ether oxygens (including phenoxy) is 2. The molecule has 166 valence electrons. The number of aliphatic hydroxyl groups excluding tert-OH is 1. The lowest BCUT2D eigenvalue weighted by atomic mass is 9.99. The number of hydrogen-bond donors (Lipinski definition) is 2. The number of aliphatic hydroxyl groups is 1. The number of nitrogens with zero attached hydrogens (tertiary/aromatic N) is 2. The Kier molecular flexibility index (Phi) is 6.83. The zero-order valence-corrected chi connectivity index (χ0v) is 18.6. The van der Waals surface area contributed by atoms with Crippen LogP contribution >= 0.6 is 0 Å². The molecule has 0 aliphatic rings. The fourth-order valence-electron chi connectivity index (χ4n) is 3.90. The minimum Gasteiger partial charge on any atom is -0.491 e. The summed E-state index contributed by atoms with van der Waals surface area (Å²) in [5.41, 5.74) is 12.6. The number of pyridine rings is 2. The monoisotopic (exact) mass is 431 g/mol. The second-order valence-electron chi connectivity index (χ2n) is 8.03. The molecule has 0 aliphatic heterocycles. The summed E-state index contributed by atoms with van der Waals surface area (Å²) in [5, 5.41) is 10.9. The molecule has 0 radical (unpaired) electrons. The molecule has 0 saturated heterocycles. The molecule has 0 spiro atoms. The molecule has 0 amide bonds. The average molecular weight is 432 g/mol. The quantitative estimate of drug-likeness (QED) is 0.306. The van der Waals surface area contributed by atoms with E-state index in [2.05, 4.69) is 60.2 Å². The van der Waals surface area contributed by atoms with Crippen LogP contribution in [0.1, 0.15) is 22.3 Å². The fraction of sp³-hybridized carbons (Fsp3) is 0.308. The third-order valence-electron chi connectivity index (χ3n) is 5.60. The van der Waals surface area contributed by atoms with Gasteiger partial charge in [-0.2, -0.15) is 0 Å². The first-order chi connectivity index (χ1) is 15.5. The average Bonchev–Trinajstić information content (AvgIpc) is 2.78. The number of nitrogens with two attached hydrogens (primary N) is 1. The van der Waals surface area contributed by atoms with E-state index in [1.807, 2.05) is 12.3 Å². The van der Waals surface area contributed by atoms with Gasteiger partial charge < -0.3 is 20.3 Å². The maximum Gasteiger partial charge on any atom is 0.150 e. The van der Waals surface area contributed by atoms with Crippen molar-refractivity contribution in [3.8, 4) is 5.75 Å². The van der Waals surface area contributed by atoms with E-state index in [9.17, 15) is 0 Å². The highest BCUT2D eigenvalue weighted by atomic mass is 16.5. The van der Waals surface area contributed by atoms with E-state index in [0.717, 1.165) is 46.0 Å². The summed E-state index contributed by atoms with van der Waals surface area (Å²) in [4.78, 5) is 9.15. The second-order valence-corrected chi connectivity index (χ2v) is 8.03. The van der Waals surface area contributed by atoms with Gasteiger partial charge in [-0.3, -0.25) is 4.98 Å². The first-order valence-electron chi connectivity index (χ1n) is 10.9. The second kappa shape index (κ2) is 9.94. The molecule has 6 heteroatoms. The van der Waals surface area contributed by atoms with Crippen LogP contribution in [-0.2, 0) is 17.6 Å². The van der Waals surface area contributed by atoms with Gasteiger partial charge in [0.2, 0.25) is 0 Å². The highest BCUT2D eigenvalue weighted by molar-refractivity contribution is 6.08. The van der Waals surface area contributed by atoms with Crippen molar-refractivity contribution in [2.45, 2.75) is 26.7 Å². The van der Waals surface area contributed by atoms with E-state index in [0.29, 0.717) is 25.6 Å². The third-order valence-corrected chi connectivity index (χ3v) is 5.60. The third kappa shape index (κ3) is 4.98. The minimum absolute atomic E-state index is 0.0285. The molecule has 6 nitrogen and oxygen atoms in total. The maximum absolute atomic E-state index is 8.73. The van der Waals surface area contributed by atoms with Gasteiger partial charge in [0.15, 0.2) is 5.82 Å². The SMILES string of the molecule is Cc1ccc2c(c1)nc(N)c1ncc(CCc3ccc(OCCOCCO)cc3C)cc12. The Labute approximate surface area is 188 Å². The predicted molar refractivity (Wildman–Crippen MR) is 128 cm³/mol. The van der Waals surface area contributed by atoms with E-state index in [1.165, 1.54) is 16.7 Å². The fourth-order valence-corrected chi connectivity index (χ4v) is 3.90. The topological polar surface area (TPSA) is 90.5 Å². The zero-order valence-electron chi connectivity index (χ0n) is 18.6. The molecule has 0 aliphatic carbocycles. The number of benzene rings is 2. The molecule has 0 bridgehead atoms. The summed E-state index contributed by atoms with van der Waals surface area (Å²) in [6, 6.07) is 14.6. The van der Waals surface area contributed by atoms with Crippen LogP contribution in [0, 0.1) is 13.8 Å². The standard InChI is InChI=1S/C26H29N3O3/c1-17-3-8-22-23-15-19(16-28-25(23)26(27)29-24(22)13-17)4-5-20-6-7-21(14-18(20)2)32-12-11-31-10-9-30/h3,6-8,13-16,30H,4-5,9-12H2,1-2H3,(H2,27,29). The van der Waals surface area contributed by atoms with Crippen molar-refractivity contribution in [2.75, 3.05) is 32.2 Å². The van der Waals surface area contributed by atoms with Gasteiger partial charge in [-0.15, -0.1) is 0 Å². The van der Waals surface area contributed by atoms with Gasteiger partial charge in [-0.1, -0.05) is 18.2 Å². The van der Waals surface area contributed by atoms with Crippen molar-refractivity contribution in [3.63, 3.8) is 0 Å². The molecule has 32 heavy (non-hydrogen) atoms. The molecule has 0 saturated carbocycles. The maximum atomic E-state index is 8.73. The molecule has 0 unspecified atom stereocenters. The Morgan fingerprint density at radius 2 is 1.81 bits per heavy atom. The number of anilines is 1. The van der Waals surface area contributed by atoms with Crippen molar-refractivity contribution in [1.29, 1.82) is 0 Å². The van der Waals surface area contributed by atoms with E-state index in [4.69, 9.17) is 20.3 Å². The lowest BCUT2D eigenvalue weighted by Gasteiger charge is -2.11. The van der Waals surface area contributed by atoms with Crippen molar-refractivity contribution >= 4 is 27.6 Å². The van der Waals surface area contributed by atoms with Crippen LogP contribution in [0.5, 0.6) is 5.75 Å². The van der Waals surface area contributed by atoms with Crippen LogP contribution in [0.2, 0.25) is 0 Å². The largest absolute Gasteiger partial charge is 0.491 e. The van der Waals surface area contributed by atoms with Crippen LogP contribution in [-0.4, -0.2) is 41.5 Å². The molecule has 3 N–H and O–H groups in total. The van der Waals surface area contributed by atoms with Crippen LogP contribution in [0.25, 0.3) is 21.8 Å². The molecular formula is C26H29N3O3. The van der Waals surface area contributed by atoms with Crippen LogP contribution in [0.3, 0.4) is 0 Å². The Balaban J connectivity index is 1.47. The summed E-state index contributed by atoms with van der Waals surface area (Å²) in [5.74, 6) is 1.30. The molecule has 2 aromatic carbocycles. The lowest BCUT2D eigenvalue weighted by molar-refractivity contribution is 0.0705. The summed E-state index contributed by atoms with van der Waals surface area (Å²) in [7, 11) is 0. The first-order valence-corrected chi connectivity index (χ1v) is 10.9. The Morgan fingerprint density at radius 3 is 2.62 bits per heavy atom. The normalized spacial score (nSPS) is 11.3. The Bertz CT molecular complexity index is 1240. The molecule has 0 fully saturated rings. The number of fused-ring (bicyclic) bond motifs is 3. The van der Waals surface area contributed by atoms with Gasteiger partial charge in [0, 0.05) is 17.0 Å². The number of aryl methyl sites for hydroxylation is 4. The first kappa shape index (κ1) is 22.0. The predicted octanol–water partition coefficient (Wildman–Crippen LogP) is 4.15. The minimum atomic E-state index is 0.0285. The summed E-state index contributed by atoms with van der Waals surface area (Å²) >= 11 is 0. The molecule has 4 rings (SSSR count). The van der Waals surface area contributed by atoms with Gasteiger partial charge in [0.1, 0.15) is 17.9 Å². The van der Waals surface area contributed by atoms with Gasteiger partial charge in [-0.05, 0) is 73.2 Å². The number of hydrogen-bond acceptors (Lipinski definition) is 6. The molecular weight excluding hydrogens is 402 g/mol. The highest BCUT2D eigenvalue weighted by Gasteiger charge is 2.10. The number of rotatable bonds is 9. The van der Waals surface area contributed by atoms with Crippen LogP contribution in [0.15, 0.2) is 48.7 Å². The smallest absolute Gasteiger partial charge is 0.150 e. The lowest BCUT2D eigenvalue weighted by Crippen LogP contribution is -2.09. The van der Waals surface area contributed by atoms with Crippen molar-refractivity contribution < 1.29 is 14.6 Å². The van der Waals surface area contributed by atoms with Gasteiger partial charge >= 0.3 is 0 Å². The number of aromatic nitrogens is 2. The van der Waals surface area contributed by atoms with Gasteiger partial charge in [0.05, 0.1) is 25.3 Å². The van der Waals surface area contributed by atoms with Crippen molar-refractivity contribution in [3.05, 3.63) is 70.9 Å². The molecule has 2 aromatic heterocycles. The summed E-state index contributed by atoms with van der Waals surface area (Å²) < 4.78 is 10.9. The Morgan fingerprint density at radius 1 is 0.938 bits per heavy atom. The van der Waals surface area contributed by atoms with Crippen molar-refractivity contribution in [2.24, 2.45) is 0 Å².